The van der Waals surface area contributed by atoms with Gasteiger partial charge >= 0.3 is 0 Å². The fraction of sp³-hybridized carbons (Fsp3) is 0.312. The molecule has 1 saturated carbocycles. The first-order valence-electron chi connectivity index (χ1n) is 7.57. The fourth-order valence-electron chi connectivity index (χ4n) is 2.57. The third-order valence-corrected chi connectivity index (χ3v) is 3.93. The Morgan fingerprint density at radius 2 is 2.18 bits per heavy atom. The second-order valence-electron chi connectivity index (χ2n) is 5.69. The van der Waals surface area contributed by atoms with E-state index in [1.54, 1.807) is 0 Å². The molecule has 1 amide bonds. The van der Waals surface area contributed by atoms with E-state index in [2.05, 4.69) is 25.5 Å². The summed E-state index contributed by atoms with van der Waals surface area (Å²) in [5.41, 5.74) is 3.50. The van der Waals surface area contributed by atoms with E-state index < -0.39 is 0 Å². The number of amides is 1. The molecule has 1 fully saturated rings. The van der Waals surface area contributed by atoms with Crippen molar-refractivity contribution in [3.05, 3.63) is 47.5 Å². The molecule has 4 rings (SSSR count). The van der Waals surface area contributed by atoms with Crippen molar-refractivity contribution in [2.24, 2.45) is 0 Å². The maximum atomic E-state index is 12.0. The number of rotatable bonds is 5. The number of H-pyrrole nitrogens is 2. The number of nitrogens with one attached hydrogen (secondary N) is 3. The van der Waals surface area contributed by atoms with E-state index in [1.165, 1.54) is 12.8 Å². The molecule has 112 valence electrons. The Morgan fingerprint density at radius 1 is 1.32 bits per heavy atom. The molecule has 1 aromatic carbocycles. The molecule has 2 heterocycles. The summed E-state index contributed by atoms with van der Waals surface area (Å²) in [6, 6.07) is 9.75. The molecule has 22 heavy (non-hydrogen) atoms. The van der Waals surface area contributed by atoms with Gasteiger partial charge < -0.3 is 10.3 Å². The van der Waals surface area contributed by atoms with Crippen LogP contribution in [0, 0.1) is 0 Å². The van der Waals surface area contributed by atoms with E-state index in [1.807, 2.05) is 30.3 Å². The number of aromatic amines is 2. The van der Waals surface area contributed by atoms with Crippen LogP contribution < -0.4 is 5.32 Å². The summed E-state index contributed by atoms with van der Waals surface area (Å²) in [5, 5.41) is 9.91. The van der Waals surface area contributed by atoms with Crippen LogP contribution in [0.4, 0.5) is 0 Å². The highest BCUT2D eigenvalue weighted by molar-refractivity contribution is 5.92. The lowest BCUT2D eigenvalue weighted by molar-refractivity contribution is 0.0949. The van der Waals surface area contributed by atoms with E-state index in [0.29, 0.717) is 24.6 Å². The lowest BCUT2D eigenvalue weighted by Gasteiger charge is -2.00. The van der Waals surface area contributed by atoms with Crippen LogP contribution >= 0.6 is 0 Å². The van der Waals surface area contributed by atoms with E-state index >= 15 is 0 Å². The molecule has 0 unspecified atom stereocenters. The van der Waals surface area contributed by atoms with Crippen molar-refractivity contribution in [3.63, 3.8) is 0 Å². The van der Waals surface area contributed by atoms with E-state index in [0.717, 1.165) is 22.6 Å². The lowest BCUT2D eigenvalue weighted by atomic mass is 10.2. The van der Waals surface area contributed by atoms with Gasteiger partial charge in [-0.25, -0.2) is 4.98 Å². The first kappa shape index (κ1) is 13.1. The molecule has 2 aromatic heterocycles. The normalized spacial score (nSPS) is 14.4. The number of hydrogen-bond acceptors (Lipinski definition) is 3. The van der Waals surface area contributed by atoms with Crippen molar-refractivity contribution >= 4 is 16.9 Å². The van der Waals surface area contributed by atoms with Gasteiger partial charge in [0.2, 0.25) is 0 Å². The molecule has 0 aliphatic heterocycles. The van der Waals surface area contributed by atoms with Gasteiger partial charge in [-0.3, -0.25) is 9.89 Å². The average molecular weight is 295 g/mol. The molecule has 0 radical (unpaired) electrons. The second kappa shape index (κ2) is 5.29. The number of benzene rings is 1. The number of carbonyl (C=O) groups excluding carboxylic acids is 1. The van der Waals surface area contributed by atoms with Crippen LogP contribution in [0.15, 0.2) is 30.3 Å². The zero-order valence-corrected chi connectivity index (χ0v) is 12.1. The monoisotopic (exact) mass is 295 g/mol. The van der Waals surface area contributed by atoms with E-state index in [-0.39, 0.29) is 5.91 Å². The summed E-state index contributed by atoms with van der Waals surface area (Å²) in [4.78, 5) is 19.8. The standard InChI is InChI=1S/C16H17N5O/c22-16(14-9-13(20-21-14)10-5-6-10)17-8-7-15-18-11-3-1-2-4-12(11)19-15/h1-4,9-10H,5-8H2,(H,17,22)(H,18,19)(H,20,21). The van der Waals surface area contributed by atoms with Crippen LogP contribution in [0.5, 0.6) is 0 Å². The Bertz CT molecular complexity index is 782. The number of carbonyl (C=O) groups is 1. The summed E-state index contributed by atoms with van der Waals surface area (Å²) < 4.78 is 0. The number of hydrogen-bond donors (Lipinski definition) is 3. The van der Waals surface area contributed by atoms with Crippen molar-refractivity contribution < 1.29 is 4.79 Å². The highest BCUT2D eigenvalue weighted by Crippen LogP contribution is 2.38. The van der Waals surface area contributed by atoms with Gasteiger partial charge in [-0.1, -0.05) is 12.1 Å². The molecular weight excluding hydrogens is 278 g/mol. The minimum Gasteiger partial charge on any atom is -0.350 e. The smallest absolute Gasteiger partial charge is 0.271 e. The number of aromatic nitrogens is 4. The van der Waals surface area contributed by atoms with Gasteiger partial charge in [0.15, 0.2) is 0 Å². The molecule has 3 N–H and O–H groups in total. The third kappa shape index (κ3) is 2.59. The maximum Gasteiger partial charge on any atom is 0.271 e. The van der Waals surface area contributed by atoms with Gasteiger partial charge in [-0.15, -0.1) is 0 Å². The van der Waals surface area contributed by atoms with E-state index in [4.69, 9.17) is 0 Å². The second-order valence-corrected chi connectivity index (χ2v) is 5.69. The van der Waals surface area contributed by atoms with Crippen LogP contribution in [0.1, 0.15) is 40.8 Å². The van der Waals surface area contributed by atoms with E-state index in [9.17, 15) is 4.79 Å². The summed E-state index contributed by atoms with van der Waals surface area (Å²) >= 11 is 0. The maximum absolute atomic E-state index is 12.0. The molecule has 0 atom stereocenters. The Kier molecular flexibility index (Phi) is 3.14. The molecule has 0 spiro atoms. The van der Waals surface area contributed by atoms with Gasteiger partial charge in [0.1, 0.15) is 11.5 Å². The number of fused-ring (bicyclic) bond motifs is 1. The highest BCUT2D eigenvalue weighted by atomic mass is 16.1. The Morgan fingerprint density at radius 3 is 3.00 bits per heavy atom. The largest absolute Gasteiger partial charge is 0.350 e. The van der Waals surface area contributed by atoms with Gasteiger partial charge in [-0.2, -0.15) is 5.10 Å². The summed E-state index contributed by atoms with van der Waals surface area (Å²) in [5.74, 6) is 1.31. The van der Waals surface area contributed by atoms with Crippen LogP contribution in [-0.2, 0) is 6.42 Å². The number of nitrogens with zero attached hydrogens (tertiary/aromatic N) is 2. The average Bonchev–Trinajstić information content (AvgIpc) is 3.11. The number of para-hydroxylation sites is 2. The van der Waals surface area contributed by atoms with Crippen LogP contribution in [0.25, 0.3) is 11.0 Å². The predicted molar refractivity (Wildman–Crippen MR) is 82.7 cm³/mol. The molecule has 1 aliphatic carbocycles. The van der Waals surface area contributed by atoms with Gasteiger partial charge in [-0.05, 0) is 31.0 Å². The van der Waals surface area contributed by atoms with Crippen molar-refractivity contribution in [2.75, 3.05) is 6.54 Å². The number of imidazole rings is 1. The Hall–Kier alpha value is -2.63. The van der Waals surface area contributed by atoms with Crippen molar-refractivity contribution in [1.82, 2.24) is 25.5 Å². The van der Waals surface area contributed by atoms with Crippen LogP contribution in [0.2, 0.25) is 0 Å². The lowest BCUT2D eigenvalue weighted by Crippen LogP contribution is -2.26. The molecule has 0 bridgehead atoms. The molecule has 6 nitrogen and oxygen atoms in total. The van der Waals surface area contributed by atoms with Gasteiger partial charge in [0.25, 0.3) is 5.91 Å². The van der Waals surface area contributed by atoms with Gasteiger partial charge in [0, 0.05) is 24.6 Å². The first-order chi connectivity index (χ1) is 10.8. The van der Waals surface area contributed by atoms with Crippen molar-refractivity contribution in [3.8, 4) is 0 Å². The Labute approximate surface area is 127 Å². The summed E-state index contributed by atoms with van der Waals surface area (Å²) in [6.45, 7) is 0.532. The van der Waals surface area contributed by atoms with Crippen molar-refractivity contribution in [2.45, 2.75) is 25.2 Å². The molecule has 3 aromatic rings. The molecule has 0 saturated heterocycles. The molecular formula is C16H17N5O. The predicted octanol–water partition coefficient (Wildman–Crippen LogP) is 2.14. The summed E-state index contributed by atoms with van der Waals surface area (Å²) in [7, 11) is 0. The molecule has 1 aliphatic rings. The Balaban J connectivity index is 1.34. The minimum atomic E-state index is -0.140. The quantitative estimate of drug-likeness (QED) is 0.674. The van der Waals surface area contributed by atoms with Crippen LogP contribution in [-0.4, -0.2) is 32.6 Å². The van der Waals surface area contributed by atoms with Crippen LogP contribution in [0.3, 0.4) is 0 Å². The zero-order chi connectivity index (χ0) is 14.9. The zero-order valence-electron chi connectivity index (χ0n) is 12.1. The highest BCUT2D eigenvalue weighted by Gasteiger charge is 2.26. The molecule has 6 heteroatoms. The van der Waals surface area contributed by atoms with Gasteiger partial charge in [0.05, 0.1) is 11.0 Å². The first-order valence-corrected chi connectivity index (χ1v) is 7.57. The third-order valence-electron chi connectivity index (χ3n) is 3.93. The SMILES string of the molecule is O=C(NCCc1nc2ccccc2[nH]1)c1cc(C2CC2)[nH]n1. The fourth-order valence-corrected chi connectivity index (χ4v) is 2.57. The van der Waals surface area contributed by atoms with Crippen molar-refractivity contribution in [1.29, 1.82) is 0 Å². The minimum absolute atomic E-state index is 0.140. The topological polar surface area (TPSA) is 86.5 Å². The summed E-state index contributed by atoms with van der Waals surface area (Å²) in [6.07, 6.45) is 3.05.